The molecule has 0 atom stereocenters. The van der Waals surface area contributed by atoms with Gasteiger partial charge < -0.3 is 4.85 Å². The van der Waals surface area contributed by atoms with Gasteiger partial charge in [0.15, 0.2) is 0 Å². The molecule has 0 N–H and O–H groups in total. The van der Waals surface area contributed by atoms with Gasteiger partial charge in [-0.2, -0.15) is 5.26 Å². The summed E-state index contributed by atoms with van der Waals surface area (Å²) in [6.45, 7) is 7.25. The Morgan fingerprint density at radius 2 is 2.30 bits per heavy atom. The van der Waals surface area contributed by atoms with Gasteiger partial charge in [0.25, 0.3) is 0 Å². The Morgan fingerprint density at radius 1 is 1.60 bits per heavy atom. The SMILES string of the molecule is [C-]#[N+]CC1(CC#N)CCC1. The van der Waals surface area contributed by atoms with Crippen LogP contribution in [0.4, 0.5) is 0 Å². The van der Waals surface area contributed by atoms with E-state index in [9.17, 15) is 0 Å². The van der Waals surface area contributed by atoms with Crippen molar-refractivity contribution >= 4 is 0 Å². The Morgan fingerprint density at radius 3 is 2.60 bits per heavy atom. The molecule has 1 aliphatic rings. The molecule has 1 aliphatic carbocycles. The molecule has 0 unspecified atom stereocenters. The van der Waals surface area contributed by atoms with E-state index in [1.165, 1.54) is 6.42 Å². The molecule has 52 valence electrons. The third-order valence-corrected chi connectivity index (χ3v) is 2.28. The highest BCUT2D eigenvalue weighted by molar-refractivity contribution is 4.98. The van der Waals surface area contributed by atoms with Crippen LogP contribution in [0.2, 0.25) is 0 Å². The summed E-state index contributed by atoms with van der Waals surface area (Å²) in [7, 11) is 0. The largest absolute Gasteiger partial charge is 0.316 e. The molecule has 0 aliphatic heterocycles. The lowest BCUT2D eigenvalue weighted by molar-refractivity contribution is 0.163. The molecule has 0 amide bonds. The number of hydrogen-bond acceptors (Lipinski definition) is 1. The van der Waals surface area contributed by atoms with E-state index in [1.54, 1.807) is 0 Å². The molecule has 0 aromatic carbocycles. The van der Waals surface area contributed by atoms with Crippen molar-refractivity contribution in [1.82, 2.24) is 0 Å². The fourth-order valence-corrected chi connectivity index (χ4v) is 1.40. The van der Waals surface area contributed by atoms with E-state index in [0.29, 0.717) is 13.0 Å². The second-order valence-corrected chi connectivity index (χ2v) is 3.00. The van der Waals surface area contributed by atoms with E-state index in [1.807, 2.05) is 0 Å². The molecule has 2 heteroatoms. The smallest absolute Gasteiger partial charge is 0.221 e. The Labute approximate surface area is 61.3 Å². The first kappa shape index (κ1) is 7.09. The minimum atomic E-state index is 0.108. The van der Waals surface area contributed by atoms with Crippen LogP contribution in [0.5, 0.6) is 0 Å². The Kier molecular flexibility index (Phi) is 1.92. The van der Waals surface area contributed by atoms with Gasteiger partial charge in [-0.15, -0.1) is 0 Å². The molecule has 0 heterocycles. The van der Waals surface area contributed by atoms with Crippen molar-refractivity contribution in [2.75, 3.05) is 6.54 Å². The van der Waals surface area contributed by atoms with E-state index in [-0.39, 0.29) is 5.41 Å². The van der Waals surface area contributed by atoms with Crippen LogP contribution < -0.4 is 0 Å². The van der Waals surface area contributed by atoms with Crippen molar-refractivity contribution in [1.29, 1.82) is 5.26 Å². The zero-order valence-corrected chi connectivity index (χ0v) is 5.93. The van der Waals surface area contributed by atoms with Gasteiger partial charge in [0.2, 0.25) is 6.54 Å². The van der Waals surface area contributed by atoms with Crippen molar-refractivity contribution in [2.24, 2.45) is 5.41 Å². The van der Waals surface area contributed by atoms with Crippen molar-refractivity contribution < 1.29 is 0 Å². The third-order valence-electron chi connectivity index (χ3n) is 2.28. The first-order valence-corrected chi connectivity index (χ1v) is 3.53. The predicted molar refractivity (Wildman–Crippen MR) is 38.0 cm³/mol. The molecule has 1 rings (SSSR count). The van der Waals surface area contributed by atoms with E-state index >= 15 is 0 Å². The maximum absolute atomic E-state index is 8.44. The molecule has 0 spiro atoms. The normalized spacial score (nSPS) is 20.2. The van der Waals surface area contributed by atoms with Crippen LogP contribution >= 0.6 is 0 Å². The van der Waals surface area contributed by atoms with Crippen LogP contribution in [-0.4, -0.2) is 6.54 Å². The summed E-state index contributed by atoms with van der Waals surface area (Å²) in [6, 6.07) is 2.15. The van der Waals surface area contributed by atoms with E-state index in [0.717, 1.165) is 12.8 Å². The summed E-state index contributed by atoms with van der Waals surface area (Å²) in [5.74, 6) is 0. The topological polar surface area (TPSA) is 28.1 Å². The summed E-state index contributed by atoms with van der Waals surface area (Å²) < 4.78 is 0. The molecule has 0 aromatic heterocycles. The second kappa shape index (κ2) is 2.71. The van der Waals surface area contributed by atoms with Crippen molar-refractivity contribution in [3.63, 3.8) is 0 Å². The maximum atomic E-state index is 8.44. The van der Waals surface area contributed by atoms with Gasteiger partial charge in [-0.3, -0.25) is 0 Å². The Balaban J connectivity index is 2.46. The minimum absolute atomic E-state index is 0.108. The zero-order valence-electron chi connectivity index (χ0n) is 5.93. The monoisotopic (exact) mass is 134 g/mol. The first-order valence-electron chi connectivity index (χ1n) is 3.53. The summed E-state index contributed by atoms with van der Waals surface area (Å²) in [4.78, 5) is 3.35. The zero-order chi connectivity index (χ0) is 7.45. The number of nitriles is 1. The molecule has 0 saturated heterocycles. The highest BCUT2D eigenvalue weighted by Crippen LogP contribution is 2.43. The van der Waals surface area contributed by atoms with Crippen LogP contribution in [0.3, 0.4) is 0 Å². The lowest BCUT2D eigenvalue weighted by Gasteiger charge is -2.34. The van der Waals surface area contributed by atoms with Gasteiger partial charge in [-0.1, -0.05) is 6.42 Å². The minimum Gasteiger partial charge on any atom is -0.316 e. The standard InChI is InChI=1S/C8H10N2/c1-10-7-8(5-6-9)3-2-4-8/h2-5,7H2. The number of nitrogens with zero attached hydrogens (tertiary/aromatic N) is 2. The molecule has 0 radical (unpaired) electrons. The molecule has 0 bridgehead atoms. The molecular weight excluding hydrogens is 124 g/mol. The van der Waals surface area contributed by atoms with E-state index in [4.69, 9.17) is 11.8 Å². The lowest BCUT2D eigenvalue weighted by Crippen LogP contribution is -2.31. The molecule has 2 nitrogen and oxygen atoms in total. The van der Waals surface area contributed by atoms with Crippen molar-refractivity contribution in [3.8, 4) is 6.07 Å². The number of hydrogen-bond donors (Lipinski definition) is 0. The molecule has 0 aromatic rings. The quantitative estimate of drug-likeness (QED) is 0.531. The average molecular weight is 134 g/mol. The number of rotatable bonds is 2. The molecular formula is C8H10N2. The lowest BCUT2D eigenvalue weighted by atomic mass is 9.67. The first-order chi connectivity index (χ1) is 4.83. The van der Waals surface area contributed by atoms with Crippen LogP contribution in [-0.2, 0) is 0 Å². The maximum Gasteiger partial charge on any atom is 0.221 e. The highest BCUT2D eigenvalue weighted by atomic mass is 14.7. The van der Waals surface area contributed by atoms with Crippen molar-refractivity contribution in [2.45, 2.75) is 25.7 Å². The summed E-state index contributed by atoms with van der Waals surface area (Å²) in [6.07, 6.45) is 3.96. The van der Waals surface area contributed by atoms with Crippen LogP contribution in [0.15, 0.2) is 0 Å². The van der Waals surface area contributed by atoms with Gasteiger partial charge >= 0.3 is 0 Å². The Hall–Kier alpha value is -1.02. The van der Waals surface area contributed by atoms with Gasteiger partial charge in [0, 0.05) is 6.42 Å². The molecule has 1 saturated carbocycles. The highest BCUT2D eigenvalue weighted by Gasteiger charge is 2.39. The summed E-state index contributed by atoms with van der Waals surface area (Å²) in [5, 5.41) is 8.44. The van der Waals surface area contributed by atoms with Crippen LogP contribution in [0.1, 0.15) is 25.7 Å². The van der Waals surface area contributed by atoms with Crippen LogP contribution in [0, 0.1) is 23.3 Å². The van der Waals surface area contributed by atoms with Gasteiger partial charge in [-0.25, -0.2) is 6.57 Å². The van der Waals surface area contributed by atoms with Crippen LogP contribution in [0.25, 0.3) is 4.85 Å². The molecule has 10 heavy (non-hydrogen) atoms. The molecule has 1 fully saturated rings. The van der Waals surface area contributed by atoms with Crippen molar-refractivity contribution in [3.05, 3.63) is 11.4 Å². The second-order valence-electron chi connectivity index (χ2n) is 3.00. The van der Waals surface area contributed by atoms with E-state index in [2.05, 4.69) is 10.9 Å². The summed E-state index contributed by atoms with van der Waals surface area (Å²) in [5.41, 5.74) is 0.108. The summed E-state index contributed by atoms with van der Waals surface area (Å²) >= 11 is 0. The fraction of sp³-hybridized carbons (Fsp3) is 0.750. The van der Waals surface area contributed by atoms with Gasteiger partial charge in [0.05, 0.1) is 11.5 Å². The third kappa shape index (κ3) is 1.11. The fourth-order valence-electron chi connectivity index (χ4n) is 1.40. The van der Waals surface area contributed by atoms with Gasteiger partial charge in [-0.05, 0) is 12.8 Å². The van der Waals surface area contributed by atoms with E-state index < -0.39 is 0 Å². The average Bonchev–Trinajstić information content (AvgIpc) is 1.84. The Bertz CT molecular complexity index is 172. The van der Waals surface area contributed by atoms with Gasteiger partial charge in [0.1, 0.15) is 0 Å². The predicted octanol–water partition coefficient (Wildman–Crippen LogP) is 1.99.